The molecule has 15 heavy (non-hydrogen) atoms. The van der Waals surface area contributed by atoms with Gasteiger partial charge in [-0.05, 0) is 11.5 Å². The number of aromatic nitrogens is 2. The monoisotopic (exact) mass is 204 g/mol. The first-order valence-corrected chi connectivity index (χ1v) is 4.87. The molecule has 0 unspecified atom stereocenters. The summed E-state index contributed by atoms with van der Waals surface area (Å²) in [6.45, 7) is 7.30. The molecule has 4 heteroatoms. The van der Waals surface area contributed by atoms with Crippen molar-refractivity contribution in [3.05, 3.63) is 18.0 Å². The van der Waals surface area contributed by atoms with Crippen LogP contribution in [-0.4, -0.2) is 23.6 Å². The number of nitrogens with zero attached hydrogens (tertiary/aromatic N) is 4. The number of anilines is 1. The third-order valence-electron chi connectivity index (χ3n) is 1.81. The Morgan fingerprint density at radius 1 is 1.47 bits per heavy atom. The van der Waals surface area contributed by atoms with E-state index in [4.69, 9.17) is 5.26 Å². The summed E-state index contributed by atoms with van der Waals surface area (Å²) in [5.74, 6) is 0.601. The highest BCUT2D eigenvalue weighted by Crippen LogP contribution is 2.17. The molecule has 0 amide bonds. The molecule has 0 N–H and O–H groups in total. The largest absolute Gasteiger partial charge is 0.343 e. The summed E-state index contributed by atoms with van der Waals surface area (Å²) in [6, 6.07) is 3.61. The van der Waals surface area contributed by atoms with Gasteiger partial charge in [0.1, 0.15) is 11.8 Å². The molecule has 1 heterocycles. The third kappa shape index (κ3) is 3.55. The highest BCUT2D eigenvalue weighted by molar-refractivity contribution is 5.32. The van der Waals surface area contributed by atoms with E-state index in [-0.39, 0.29) is 5.41 Å². The summed E-state index contributed by atoms with van der Waals surface area (Å²) in [5.41, 5.74) is 0.585. The molecule has 4 nitrogen and oxygen atoms in total. The van der Waals surface area contributed by atoms with E-state index in [9.17, 15) is 0 Å². The quantitative estimate of drug-likeness (QED) is 0.737. The van der Waals surface area contributed by atoms with E-state index < -0.39 is 0 Å². The number of rotatable bonds is 2. The Kier molecular flexibility index (Phi) is 3.25. The maximum atomic E-state index is 8.72. The van der Waals surface area contributed by atoms with E-state index in [1.54, 1.807) is 12.3 Å². The van der Waals surface area contributed by atoms with Gasteiger partial charge in [-0.2, -0.15) is 5.26 Å². The van der Waals surface area contributed by atoms with Crippen molar-refractivity contribution in [1.82, 2.24) is 9.97 Å². The molecular weight excluding hydrogens is 188 g/mol. The molecule has 0 saturated carbocycles. The minimum atomic E-state index is 0.181. The topological polar surface area (TPSA) is 52.8 Å². The van der Waals surface area contributed by atoms with E-state index >= 15 is 0 Å². The van der Waals surface area contributed by atoms with Crippen LogP contribution in [0.3, 0.4) is 0 Å². The first kappa shape index (κ1) is 11.4. The second-order valence-electron chi connectivity index (χ2n) is 4.77. The van der Waals surface area contributed by atoms with Crippen LogP contribution in [0.4, 0.5) is 5.95 Å². The minimum absolute atomic E-state index is 0.181. The van der Waals surface area contributed by atoms with Gasteiger partial charge < -0.3 is 4.90 Å². The Balaban J connectivity index is 2.83. The molecule has 0 radical (unpaired) electrons. The first-order chi connectivity index (χ1) is 6.92. The summed E-state index contributed by atoms with van der Waals surface area (Å²) in [4.78, 5) is 10.2. The van der Waals surface area contributed by atoms with Gasteiger partial charge >= 0.3 is 0 Å². The van der Waals surface area contributed by atoms with Gasteiger partial charge in [0.05, 0.1) is 0 Å². The lowest BCUT2D eigenvalue weighted by Crippen LogP contribution is -2.30. The van der Waals surface area contributed by atoms with Gasteiger partial charge in [0.25, 0.3) is 0 Å². The standard InChI is InChI=1S/C11H16N4/c1-11(2,3)8-15(4)10-13-6-5-9(7-12)14-10/h5-6H,8H2,1-4H3. The Bertz CT molecular complexity index is 373. The van der Waals surface area contributed by atoms with Crippen LogP contribution in [0.1, 0.15) is 26.5 Å². The molecule has 0 bridgehead atoms. The van der Waals surface area contributed by atoms with E-state index in [0.29, 0.717) is 11.6 Å². The van der Waals surface area contributed by atoms with Crippen molar-refractivity contribution < 1.29 is 0 Å². The smallest absolute Gasteiger partial charge is 0.226 e. The molecule has 1 aromatic heterocycles. The van der Waals surface area contributed by atoms with Crippen molar-refractivity contribution in [1.29, 1.82) is 5.26 Å². The average molecular weight is 204 g/mol. The maximum absolute atomic E-state index is 8.72. The number of hydrogen-bond acceptors (Lipinski definition) is 4. The summed E-state index contributed by atoms with van der Waals surface area (Å²) in [7, 11) is 1.93. The van der Waals surface area contributed by atoms with Crippen LogP contribution in [0, 0.1) is 16.7 Å². The predicted molar refractivity (Wildman–Crippen MR) is 59.5 cm³/mol. The molecule has 0 aliphatic rings. The van der Waals surface area contributed by atoms with Crippen LogP contribution < -0.4 is 4.90 Å². The van der Waals surface area contributed by atoms with Crippen LogP contribution in [0.2, 0.25) is 0 Å². The molecule has 0 saturated heterocycles. The van der Waals surface area contributed by atoms with Gasteiger partial charge in [-0.25, -0.2) is 9.97 Å². The predicted octanol–water partition coefficient (Wildman–Crippen LogP) is 1.83. The molecule has 0 aromatic carbocycles. The Hall–Kier alpha value is -1.63. The summed E-state index contributed by atoms with van der Waals surface area (Å²) >= 11 is 0. The van der Waals surface area contributed by atoms with Crippen LogP contribution in [0.15, 0.2) is 12.3 Å². The Labute approximate surface area is 90.6 Å². The van der Waals surface area contributed by atoms with E-state index in [2.05, 4.69) is 30.7 Å². The van der Waals surface area contributed by atoms with Gasteiger partial charge in [0.15, 0.2) is 0 Å². The van der Waals surface area contributed by atoms with Gasteiger partial charge in [0.2, 0.25) is 5.95 Å². The van der Waals surface area contributed by atoms with Gasteiger partial charge in [-0.1, -0.05) is 20.8 Å². The molecule has 0 fully saturated rings. The van der Waals surface area contributed by atoms with Crippen molar-refractivity contribution >= 4 is 5.95 Å². The minimum Gasteiger partial charge on any atom is -0.343 e. The molecule has 0 aliphatic heterocycles. The second kappa shape index (κ2) is 4.26. The molecule has 80 valence electrons. The normalized spacial score (nSPS) is 10.9. The summed E-state index contributed by atoms with van der Waals surface area (Å²) in [5, 5.41) is 8.72. The molecule has 1 aromatic rings. The molecule has 0 atom stereocenters. The molecule has 1 rings (SSSR count). The number of nitriles is 1. The SMILES string of the molecule is CN(CC(C)(C)C)c1nccc(C#N)n1. The highest BCUT2D eigenvalue weighted by Gasteiger charge is 2.15. The third-order valence-corrected chi connectivity index (χ3v) is 1.81. The van der Waals surface area contributed by atoms with E-state index in [1.165, 1.54) is 0 Å². The zero-order chi connectivity index (χ0) is 11.5. The first-order valence-electron chi connectivity index (χ1n) is 4.87. The molecular formula is C11H16N4. The van der Waals surface area contributed by atoms with Crippen molar-refractivity contribution in [2.45, 2.75) is 20.8 Å². The van der Waals surface area contributed by atoms with Crippen LogP contribution in [0.5, 0.6) is 0 Å². The summed E-state index contributed by atoms with van der Waals surface area (Å²) in [6.07, 6.45) is 1.61. The Morgan fingerprint density at radius 2 is 2.13 bits per heavy atom. The molecule has 0 aliphatic carbocycles. The lowest BCUT2D eigenvalue weighted by atomic mass is 9.96. The summed E-state index contributed by atoms with van der Waals surface area (Å²) < 4.78 is 0. The zero-order valence-corrected chi connectivity index (χ0v) is 9.65. The van der Waals surface area contributed by atoms with E-state index in [1.807, 2.05) is 18.0 Å². The van der Waals surface area contributed by atoms with Gasteiger partial charge in [-0.3, -0.25) is 0 Å². The highest BCUT2D eigenvalue weighted by atomic mass is 15.2. The Morgan fingerprint density at radius 3 is 2.67 bits per heavy atom. The average Bonchev–Trinajstić information content (AvgIpc) is 2.15. The fraction of sp³-hybridized carbons (Fsp3) is 0.545. The molecule has 0 spiro atoms. The maximum Gasteiger partial charge on any atom is 0.226 e. The number of hydrogen-bond donors (Lipinski definition) is 0. The van der Waals surface area contributed by atoms with Crippen LogP contribution >= 0.6 is 0 Å². The van der Waals surface area contributed by atoms with Crippen LogP contribution in [-0.2, 0) is 0 Å². The van der Waals surface area contributed by atoms with Crippen molar-refractivity contribution in [3.8, 4) is 6.07 Å². The van der Waals surface area contributed by atoms with Gasteiger partial charge in [0, 0.05) is 19.8 Å². The van der Waals surface area contributed by atoms with Crippen LogP contribution in [0.25, 0.3) is 0 Å². The zero-order valence-electron chi connectivity index (χ0n) is 9.65. The van der Waals surface area contributed by atoms with E-state index in [0.717, 1.165) is 6.54 Å². The fourth-order valence-electron chi connectivity index (χ4n) is 1.38. The van der Waals surface area contributed by atoms with Gasteiger partial charge in [-0.15, -0.1) is 0 Å². The lowest BCUT2D eigenvalue weighted by Gasteiger charge is -2.26. The van der Waals surface area contributed by atoms with Crippen molar-refractivity contribution in [2.24, 2.45) is 5.41 Å². The second-order valence-corrected chi connectivity index (χ2v) is 4.77. The fourth-order valence-corrected chi connectivity index (χ4v) is 1.38. The van der Waals surface area contributed by atoms with Crippen molar-refractivity contribution in [2.75, 3.05) is 18.5 Å². The van der Waals surface area contributed by atoms with Crippen molar-refractivity contribution in [3.63, 3.8) is 0 Å². The lowest BCUT2D eigenvalue weighted by molar-refractivity contribution is 0.416.